The first kappa shape index (κ1) is 11.7. The Labute approximate surface area is 103 Å². The molecule has 1 aromatic carbocycles. The largest absolute Gasteiger partial charge is 0.508 e. The van der Waals surface area contributed by atoms with Gasteiger partial charge in [0.1, 0.15) is 5.75 Å². The molecule has 2 N–H and O–H groups in total. The van der Waals surface area contributed by atoms with Crippen molar-refractivity contribution in [3.8, 4) is 5.75 Å². The van der Waals surface area contributed by atoms with Crippen molar-refractivity contribution in [1.82, 2.24) is 5.32 Å². The first-order chi connectivity index (χ1) is 8.20. The summed E-state index contributed by atoms with van der Waals surface area (Å²) in [7, 11) is 0. The molecule has 0 atom stereocenters. The molecule has 1 heterocycles. The minimum atomic E-state index is -0.160. The van der Waals surface area contributed by atoms with E-state index in [0.717, 1.165) is 22.1 Å². The fourth-order valence-corrected chi connectivity index (χ4v) is 2.63. The highest BCUT2D eigenvalue weighted by Crippen LogP contribution is 2.29. The lowest BCUT2D eigenvalue weighted by molar-refractivity contribution is -0.116. The molecule has 0 bridgehead atoms. The molecule has 0 aliphatic carbocycles. The van der Waals surface area contributed by atoms with E-state index in [1.165, 1.54) is 6.08 Å². The van der Waals surface area contributed by atoms with E-state index in [1.54, 1.807) is 23.5 Å². The van der Waals surface area contributed by atoms with Gasteiger partial charge < -0.3 is 10.4 Å². The molecule has 0 spiro atoms. The molecule has 0 saturated heterocycles. The number of phenols is 1. The predicted molar refractivity (Wildman–Crippen MR) is 70.4 cm³/mol. The Morgan fingerprint density at radius 1 is 1.53 bits per heavy atom. The fourth-order valence-electron chi connectivity index (χ4n) is 1.66. The number of aromatic hydroxyl groups is 1. The Hall–Kier alpha value is -1.81. The third-order valence-corrected chi connectivity index (χ3v) is 3.53. The van der Waals surface area contributed by atoms with E-state index >= 15 is 0 Å². The maximum absolute atomic E-state index is 11.0. The third kappa shape index (κ3) is 2.65. The number of hydrogen-bond donors (Lipinski definition) is 2. The van der Waals surface area contributed by atoms with Crippen LogP contribution < -0.4 is 5.32 Å². The first-order valence-electron chi connectivity index (χ1n) is 5.30. The molecular formula is C13H13NO2S. The van der Waals surface area contributed by atoms with Gasteiger partial charge in [0, 0.05) is 11.2 Å². The monoisotopic (exact) mass is 247 g/mol. The number of phenolic OH excluding ortho intramolecular Hbond substituents is 1. The molecule has 2 aromatic rings. The van der Waals surface area contributed by atoms with Crippen LogP contribution in [-0.2, 0) is 11.2 Å². The maximum atomic E-state index is 11.0. The van der Waals surface area contributed by atoms with Crippen LogP contribution in [0.2, 0.25) is 0 Å². The second kappa shape index (κ2) is 5.01. The van der Waals surface area contributed by atoms with Crippen molar-refractivity contribution in [2.75, 3.05) is 6.54 Å². The summed E-state index contributed by atoms with van der Waals surface area (Å²) in [6.45, 7) is 3.97. The molecule has 2 rings (SSSR count). The number of benzene rings is 1. The summed E-state index contributed by atoms with van der Waals surface area (Å²) in [4.78, 5) is 11.0. The van der Waals surface area contributed by atoms with Gasteiger partial charge >= 0.3 is 0 Å². The van der Waals surface area contributed by atoms with Gasteiger partial charge in [-0.25, -0.2) is 0 Å². The molecule has 0 radical (unpaired) electrons. The normalized spacial score (nSPS) is 10.4. The predicted octanol–water partition coefficient (Wildman–Crippen LogP) is 2.45. The Balaban J connectivity index is 2.11. The minimum absolute atomic E-state index is 0.160. The Morgan fingerprint density at radius 2 is 2.35 bits per heavy atom. The lowest BCUT2D eigenvalue weighted by atomic mass is 10.1. The molecular weight excluding hydrogens is 234 g/mol. The minimum Gasteiger partial charge on any atom is -0.508 e. The zero-order chi connectivity index (χ0) is 12.3. The number of rotatable bonds is 4. The smallest absolute Gasteiger partial charge is 0.243 e. The van der Waals surface area contributed by atoms with Gasteiger partial charge in [-0.2, -0.15) is 0 Å². The molecule has 0 unspecified atom stereocenters. The van der Waals surface area contributed by atoms with Gasteiger partial charge in [-0.05, 0) is 47.0 Å². The highest BCUT2D eigenvalue weighted by molar-refractivity contribution is 7.17. The molecule has 1 amide bonds. The van der Waals surface area contributed by atoms with Gasteiger partial charge in [0.25, 0.3) is 0 Å². The number of carbonyl (C=O) groups excluding carboxylic acids is 1. The van der Waals surface area contributed by atoms with Crippen molar-refractivity contribution in [1.29, 1.82) is 0 Å². The van der Waals surface area contributed by atoms with E-state index in [2.05, 4.69) is 17.3 Å². The first-order valence-corrected chi connectivity index (χ1v) is 6.18. The maximum Gasteiger partial charge on any atom is 0.243 e. The van der Waals surface area contributed by atoms with Gasteiger partial charge in [-0.1, -0.05) is 6.58 Å². The van der Waals surface area contributed by atoms with Crippen LogP contribution in [0.1, 0.15) is 5.56 Å². The lowest BCUT2D eigenvalue weighted by Gasteiger charge is -2.01. The SMILES string of the molecule is C=CC(=O)NCCc1csc2ccc(O)cc12. The molecule has 17 heavy (non-hydrogen) atoms. The summed E-state index contributed by atoms with van der Waals surface area (Å²) < 4.78 is 1.15. The van der Waals surface area contributed by atoms with E-state index < -0.39 is 0 Å². The Kier molecular flexibility index (Phi) is 3.44. The summed E-state index contributed by atoms with van der Waals surface area (Å²) >= 11 is 1.64. The Morgan fingerprint density at radius 3 is 3.12 bits per heavy atom. The van der Waals surface area contributed by atoms with Gasteiger partial charge in [0.2, 0.25) is 5.91 Å². The average Bonchev–Trinajstić information content (AvgIpc) is 2.72. The van der Waals surface area contributed by atoms with E-state index in [9.17, 15) is 9.90 Å². The van der Waals surface area contributed by atoms with Crippen LogP contribution in [0.5, 0.6) is 5.75 Å². The number of carbonyl (C=O) groups is 1. The van der Waals surface area contributed by atoms with Crippen LogP contribution in [0.4, 0.5) is 0 Å². The van der Waals surface area contributed by atoms with Crippen LogP contribution in [0.25, 0.3) is 10.1 Å². The van der Waals surface area contributed by atoms with Gasteiger partial charge in [-0.15, -0.1) is 11.3 Å². The molecule has 88 valence electrons. The summed E-state index contributed by atoms with van der Waals surface area (Å²) in [5.74, 6) is 0.111. The van der Waals surface area contributed by atoms with Crippen LogP contribution in [0.3, 0.4) is 0 Å². The summed E-state index contributed by atoms with van der Waals surface area (Å²) in [6, 6.07) is 5.35. The van der Waals surface area contributed by atoms with Gasteiger partial charge in [-0.3, -0.25) is 4.79 Å². The standard InChI is InChI=1S/C13H13NO2S/c1-2-13(16)14-6-5-9-8-17-12-4-3-10(15)7-11(9)12/h2-4,7-8,15H,1,5-6H2,(H,14,16). The van der Waals surface area contributed by atoms with E-state index in [0.29, 0.717) is 6.54 Å². The third-order valence-electron chi connectivity index (χ3n) is 2.52. The average molecular weight is 247 g/mol. The fraction of sp³-hybridized carbons (Fsp3) is 0.154. The van der Waals surface area contributed by atoms with Crippen molar-refractivity contribution in [3.05, 3.63) is 41.8 Å². The van der Waals surface area contributed by atoms with Crippen molar-refractivity contribution in [2.24, 2.45) is 0 Å². The van der Waals surface area contributed by atoms with Crippen molar-refractivity contribution >= 4 is 27.3 Å². The van der Waals surface area contributed by atoms with Crippen LogP contribution in [0.15, 0.2) is 36.2 Å². The van der Waals surface area contributed by atoms with Crippen molar-refractivity contribution < 1.29 is 9.90 Å². The van der Waals surface area contributed by atoms with Crippen molar-refractivity contribution in [2.45, 2.75) is 6.42 Å². The van der Waals surface area contributed by atoms with E-state index in [1.807, 2.05) is 6.07 Å². The number of fused-ring (bicyclic) bond motifs is 1. The zero-order valence-corrected chi connectivity index (χ0v) is 10.1. The van der Waals surface area contributed by atoms with E-state index in [4.69, 9.17) is 0 Å². The number of nitrogens with one attached hydrogen (secondary N) is 1. The molecule has 0 fully saturated rings. The highest BCUT2D eigenvalue weighted by atomic mass is 32.1. The number of hydrogen-bond acceptors (Lipinski definition) is 3. The molecule has 0 saturated carbocycles. The lowest BCUT2D eigenvalue weighted by Crippen LogP contribution is -2.23. The zero-order valence-electron chi connectivity index (χ0n) is 9.27. The molecule has 0 aliphatic heterocycles. The second-order valence-corrected chi connectivity index (χ2v) is 4.60. The van der Waals surface area contributed by atoms with Crippen LogP contribution in [0, 0.1) is 0 Å². The molecule has 0 aliphatic rings. The second-order valence-electron chi connectivity index (χ2n) is 3.69. The Bertz CT molecular complexity index is 560. The van der Waals surface area contributed by atoms with E-state index in [-0.39, 0.29) is 11.7 Å². The van der Waals surface area contributed by atoms with Crippen LogP contribution >= 0.6 is 11.3 Å². The number of thiophene rings is 1. The van der Waals surface area contributed by atoms with Gasteiger partial charge in [0.15, 0.2) is 0 Å². The summed E-state index contributed by atoms with van der Waals surface area (Å²) in [6.07, 6.45) is 2.01. The summed E-state index contributed by atoms with van der Waals surface area (Å²) in [5, 5.41) is 15.3. The van der Waals surface area contributed by atoms with Gasteiger partial charge in [0.05, 0.1) is 0 Å². The molecule has 4 heteroatoms. The number of amides is 1. The van der Waals surface area contributed by atoms with Crippen LogP contribution in [-0.4, -0.2) is 17.6 Å². The summed E-state index contributed by atoms with van der Waals surface area (Å²) in [5.41, 5.74) is 1.14. The molecule has 1 aromatic heterocycles. The molecule has 3 nitrogen and oxygen atoms in total. The quantitative estimate of drug-likeness (QED) is 0.815. The van der Waals surface area contributed by atoms with Crippen molar-refractivity contribution in [3.63, 3.8) is 0 Å². The highest BCUT2D eigenvalue weighted by Gasteiger charge is 2.05. The topological polar surface area (TPSA) is 49.3 Å².